The van der Waals surface area contributed by atoms with Gasteiger partial charge in [0.2, 0.25) is 0 Å². The highest BCUT2D eigenvalue weighted by Crippen LogP contribution is 2.35. The van der Waals surface area contributed by atoms with Crippen molar-refractivity contribution in [2.45, 2.75) is 45.8 Å². The van der Waals surface area contributed by atoms with E-state index in [0.29, 0.717) is 17.0 Å². The number of hydrogen-bond acceptors (Lipinski definition) is 4. The van der Waals surface area contributed by atoms with Crippen molar-refractivity contribution >= 4 is 24.8 Å². The van der Waals surface area contributed by atoms with E-state index in [1.807, 2.05) is 13.8 Å². The minimum absolute atomic E-state index is 0.0931. The van der Waals surface area contributed by atoms with E-state index in [0.717, 1.165) is 12.1 Å². The second-order valence-corrected chi connectivity index (χ2v) is 7.61. The molecule has 0 aliphatic carbocycles. The number of aliphatic hydroxyl groups is 1. The zero-order chi connectivity index (χ0) is 20.3. The Morgan fingerprint density at radius 2 is 1.73 bits per heavy atom. The van der Waals surface area contributed by atoms with E-state index >= 15 is 0 Å². The van der Waals surface area contributed by atoms with Crippen LogP contribution in [0.25, 0.3) is 0 Å². The summed E-state index contributed by atoms with van der Waals surface area (Å²) in [5.41, 5.74) is -2.11. The number of halogens is 3. The maximum Gasteiger partial charge on any atom is 0.416 e. The first-order valence-corrected chi connectivity index (χ1v) is 8.11. The van der Waals surface area contributed by atoms with Crippen LogP contribution in [0.4, 0.5) is 18.9 Å². The third-order valence-corrected chi connectivity index (χ3v) is 4.45. The lowest BCUT2D eigenvalue weighted by Gasteiger charge is -2.37. The summed E-state index contributed by atoms with van der Waals surface area (Å²) in [7, 11) is 5.02. The Bertz CT molecular complexity index is 641. The van der Waals surface area contributed by atoms with E-state index in [1.165, 1.54) is 17.3 Å². The Hall–Kier alpha value is -1.74. The summed E-state index contributed by atoms with van der Waals surface area (Å²) in [6.45, 7) is 7.06. The first-order chi connectivity index (χ1) is 11.6. The fraction of sp³-hybridized carbons (Fsp3) is 0.588. The highest BCUT2D eigenvalue weighted by molar-refractivity contribution is 6.55. The molecule has 0 aliphatic heterocycles. The number of nitrogens with zero attached hydrogens (tertiary/aromatic N) is 3. The molecule has 0 amide bonds. The summed E-state index contributed by atoms with van der Waals surface area (Å²) in [5.74, 6) is 0. The van der Waals surface area contributed by atoms with Gasteiger partial charge in [0.1, 0.15) is 6.34 Å². The Labute approximate surface area is 153 Å². The van der Waals surface area contributed by atoms with Crippen LogP contribution in [0.1, 0.15) is 33.3 Å². The van der Waals surface area contributed by atoms with Crippen molar-refractivity contribution in [3.05, 3.63) is 23.8 Å². The van der Waals surface area contributed by atoms with E-state index in [-0.39, 0.29) is 5.69 Å². The van der Waals surface area contributed by atoms with Gasteiger partial charge in [-0.05, 0) is 25.3 Å². The maximum absolute atomic E-state index is 13.0. The van der Waals surface area contributed by atoms with Gasteiger partial charge in [-0.3, -0.25) is 5.21 Å². The van der Waals surface area contributed by atoms with Crippen LogP contribution >= 0.6 is 0 Å². The molecule has 5 nitrogen and oxygen atoms in total. The summed E-state index contributed by atoms with van der Waals surface area (Å²) >= 11 is 0. The predicted molar refractivity (Wildman–Crippen MR) is 98.2 cm³/mol. The Balaban J connectivity index is 3.21. The van der Waals surface area contributed by atoms with E-state index in [2.05, 4.69) is 5.10 Å². The summed E-state index contributed by atoms with van der Waals surface area (Å²) in [4.78, 5) is 1.54. The Kier molecular flexibility index (Phi) is 6.76. The van der Waals surface area contributed by atoms with Gasteiger partial charge < -0.3 is 10.0 Å². The second-order valence-electron chi connectivity index (χ2n) is 7.61. The first kappa shape index (κ1) is 22.3. The van der Waals surface area contributed by atoms with E-state index in [1.54, 1.807) is 35.2 Å². The SMILES string of the molecule is CN(C)/C=N/N(O)c1cc(C(F)(F)F)ccc1[B]CC(C)(C)C(C)(C)O. The topological polar surface area (TPSA) is 59.3 Å². The molecule has 0 heterocycles. The molecular weight excluding hydrogens is 346 g/mol. The highest BCUT2D eigenvalue weighted by atomic mass is 19.4. The van der Waals surface area contributed by atoms with Gasteiger partial charge in [-0.1, -0.05) is 37.8 Å². The zero-order valence-electron chi connectivity index (χ0n) is 16.0. The molecule has 1 aromatic carbocycles. The van der Waals surface area contributed by atoms with Gasteiger partial charge in [-0.25, -0.2) is 0 Å². The molecule has 0 saturated carbocycles. The van der Waals surface area contributed by atoms with Gasteiger partial charge in [0.25, 0.3) is 0 Å². The largest absolute Gasteiger partial charge is 0.416 e. The van der Waals surface area contributed by atoms with Crippen molar-refractivity contribution in [3.63, 3.8) is 0 Å². The normalized spacial score (nSPS) is 13.2. The summed E-state index contributed by atoms with van der Waals surface area (Å²) in [6.07, 6.45) is -2.88. The van der Waals surface area contributed by atoms with Gasteiger partial charge in [-0.2, -0.15) is 13.2 Å². The van der Waals surface area contributed by atoms with Crippen LogP contribution in [0.15, 0.2) is 23.3 Å². The molecule has 2 N–H and O–H groups in total. The summed E-state index contributed by atoms with van der Waals surface area (Å²) < 4.78 is 39.1. The molecule has 1 rings (SSSR count). The molecule has 26 heavy (non-hydrogen) atoms. The lowest BCUT2D eigenvalue weighted by Crippen LogP contribution is -2.41. The zero-order valence-corrected chi connectivity index (χ0v) is 16.0. The molecule has 0 fully saturated rings. The molecule has 0 spiro atoms. The number of hydrogen-bond donors (Lipinski definition) is 2. The average molecular weight is 372 g/mol. The number of hydrazone groups is 1. The first-order valence-electron chi connectivity index (χ1n) is 8.11. The van der Waals surface area contributed by atoms with Crippen molar-refractivity contribution < 1.29 is 23.5 Å². The summed E-state index contributed by atoms with van der Waals surface area (Å²) in [6, 6.07) is 3.08. The fourth-order valence-electron chi connectivity index (χ4n) is 1.90. The lowest BCUT2D eigenvalue weighted by molar-refractivity contribution is -0.137. The number of benzene rings is 1. The highest BCUT2D eigenvalue weighted by Gasteiger charge is 2.35. The van der Waals surface area contributed by atoms with Crippen LogP contribution in [0.5, 0.6) is 0 Å². The van der Waals surface area contributed by atoms with Crippen molar-refractivity contribution in [1.29, 1.82) is 0 Å². The van der Waals surface area contributed by atoms with Crippen LogP contribution < -0.4 is 10.6 Å². The third-order valence-electron chi connectivity index (χ3n) is 4.45. The molecule has 9 heteroatoms. The van der Waals surface area contributed by atoms with Crippen LogP contribution in [-0.4, -0.2) is 48.5 Å². The van der Waals surface area contributed by atoms with E-state index in [4.69, 9.17) is 0 Å². The van der Waals surface area contributed by atoms with Crippen molar-refractivity contribution in [2.75, 3.05) is 19.3 Å². The molecule has 0 bridgehead atoms. The van der Waals surface area contributed by atoms with E-state index in [9.17, 15) is 23.5 Å². The molecule has 145 valence electrons. The predicted octanol–water partition coefficient (Wildman–Crippen LogP) is 2.95. The molecule has 1 radical (unpaired) electrons. The maximum atomic E-state index is 13.0. The number of rotatable bonds is 7. The van der Waals surface area contributed by atoms with Gasteiger partial charge in [0, 0.05) is 14.1 Å². The minimum atomic E-state index is -4.54. The third kappa shape index (κ3) is 5.91. The monoisotopic (exact) mass is 372 g/mol. The van der Waals surface area contributed by atoms with Crippen molar-refractivity contribution in [2.24, 2.45) is 10.5 Å². The standard InChI is InChI=1S/C17H26BF3N3O2/c1-15(2,16(3,4)25)10-18-13-8-7-12(17(19,20)21)9-14(13)24(26)22-11-23(5)6/h7-9,11,25-26H,10H2,1-6H3/b22-11+. The Morgan fingerprint density at radius 1 is 1.15 bits per heavy atom. The van der Waals surface area contributed by atoms with Gasteiger partial charge in [0.15, 0.2) is 7.28 Å². The molecule has 0 saturated heterocycles. The lowest BCUT2D eigenvalue weighted by atomic mass is 9.55. The smallest absolute Gasteiger partial charge is 0.390 e. The molecule has 0 aliphatic rings. The van der Waals surface area contributed by atoms with Crippen LogP contribution in [0.3, 0.4) is 0 Å². The Morgan fingerprint density at radius 3 is 2.19 bits per heavy atom. The van der Waals surface area contributed by atoms with Crippen LogP contribution in [0.2, 0.25) is 6.32 Å². The average Bonchev–Trinajstić information content (AvgIpc) is 2.48. The molecule has 0 atom stereocenters. The fourth-order valence-corrected chi connectivity index (χ4v) is 1.90. The molecule has 0 unspecified atom stereocenters. The van der Waals surface area contributed by atoms with Crippen LogP contribution in [-0.2, 0) is 6.18 Å². The minimum Gasteiger partial charge on any atom is -0.390 e. The second kappa shape index (κ2) is 7.88. The quantitative estimate of drug-likeness (QED) is 0.335. The van der Waals surface area contributed by atoms with Gasteiger partial charge in [-0.15, -0.1) is 10.3 Å². The number of alkyl halides is 3. The number of anilines is 1. The molecule has 1 aromatic rings. The summed E-state index contributed by atoms with van der Waals surface area (Å²) in [5, 5.41) is 24.5. The van der Waals surface area contributed by atoms with Crippen molar-refractivity contribution in [1.82, 2.24) is 4.90 Å². The molecule has 0 aromatic heterocycles. The van der Waals surface area contributed by atoms with Crippen molar-refractivity contribution in [3.8, 4) is 0 Å². The van der Waals surface area contributed by atoms with Crippen LogP contribution in [0, 0.1) is 5.41 Å². The van der Waals surface area contributed by atoms with E-state index < -0.39 is 22.8 Å². The van der Waals surface area contributed by atoms with Gasteiger partial charge in [0.05, 0.1) is 16.9 Å². The van der Waals surface area contributed by atoms with Gasteiger partial charge >= 0.3 is 6.18 Å². The molecular formula is C17H26BF3N3O2.